The number of rotatable bonds is 6. The van der Waals surface area contributed by atoms with Crippen molar-refractivity contribution in [3.05, 3.63) is 12.2 Å². The van der Waals surface area contributed by atoms with Crippen LogP contribution in [0.3, 0.4) is 0 Å². The maximum absolute atomic E-state index is 12.3. The summed E-state index contributed by atoms with van der Waals surface area (Å²) >= 11 is 0. The fraction of sp³-hybridized carbons (Fsp3) is 0.864. The summed E-state index contributed by atoms with van der Waals surface area (Å²) in [4.78, 5) is 12.3. The first-order chi connectivity index (χ1) is 11.4. The zero-order chi connectivity index (χ0) is 19.0. The lowest BCUT2D eigenvalue weighted by Gasteiger charge is -2.42. The van der Waals surface area contributed by atoms with Gasteiger partial charge < -0.3 is 4.43 Å². The molecule has 25 heavy (non-hydrogen) atoms. The number of carbonyl (C=O) groups is 1. The van der Waals surface area contributed by atoms with Gasteiger partial charge in [0.1, 0.15) is 5.78 Å². The van der Waals surface area contributed by atoms with Crippen molar-refractivity contribution in [3.63, 3.8) is 0 Å². The van der Waals surface area contributed by atoms with Gasteiger partial charge in [-0.25, -0.2) is 0 Å². The smallest absolute Gasteiger partial charge is 0.184 e. The standard InChI is InChI=1S/C22H40O2Si/c1-16(11-12-17(2)21(3,4)24-25(6,7)8)18-13-14-19-20(23)10-9-15-22(18,19)5/h11-12,16-19H,9-10,13-15H2,1-8H3/b12-11+/t16-,17-,18?,19-,22+/m0/s1. The molecule has 2 fully saturated rings. The van der Waals surface area contributed by atoms with Crippen molar-refractivity contribution in [2.75, 3.05) is 0 Å². The second-order valence-corrected chi connectivity index (χ2v) is 14.8. The van der Waals surface area contributed by atoms with E-state index in [4.69, 9.17) is 4.43 Å². The van der Waals surface area contributed by atoms with E-state index in [9.17, 15) is 4.79 Å². The largest absolute Gasteiger partial charge is 0.412 e. The predicted octanol–water partition coefficient (Wildman–Crippen LogP) is 6.23. The van der Waals surface area contributed by atoms with Crippen LogP contribution in [0.15, 0.2) is 12.2 Å². The predicted molar refractivity (Wildman–Crippen MR) is 109 cm³/mol. The molecule has 5 atom stereocenters. The average molecular weight is 365 g/mol. The molecule has 0 spiro atoms. The van der Waals surface area contributed by atoms with E-state index in [2.05, 4.69) is 66.4 Å². The fourth-order valence-electron chi connectivity index (χ4n) is 5.42. The van der Waals surface area contributed by atoms with Crippen molar-refractivity contribution >= 4 is 14.1 Å². The third-order valence-corrected chi connectivity index (χ3v) is 8.08. The highest BCUT2D eigenvalue weighted by Crippen LogP contribution is 2.56. The fourth-order valence-corrected chi connectivity index (χ4v) is 7.19. The van der Waals surface area contributed by atoms with Crippen LogP contribution >= 0.6 is 0 Å². The van der Waals surface area contributed by atoms with Crippen molar-refractivity contribution in [1.82, 2.24) is 0 Å². The first-order valence-corrected chi connectivity index (χ1v) is 13.7. The molecule has 0 aromatic rings. The third kappa shape index (κ3) is 4.66. The van der Waals surface area contributed by atoms with E-state index in [1.165, 1.54) is 12.8 Å². The van der Waals surface area contributed by atoms with Gasteiger partial charge in [-0.1, -0.05) is 32.9 Å². The molecular formula is C22H40O2Si. The highest BCUT2D eigenvalue weighted by Gasteiger charge is 2.52. The Morgan fingerprint density at radius 2 is 1.84 bits per heavy atom. The molecule has 0 amide bonds. The van der Waals surface area contributed by atoms with Gasteiger partial charge in [0.05, 0.1) is 5.60 Å². The Morgan fingerprint density at radius 3 is 2.44 bits per heavy atom. The summed E-state index contributed by atoms with van der Waals surface area (Å²) in [6, 6.07) is 0. The molecule has 0 aliphatic heterocycles. The minimum Gasteiger partial charge on any atom is -0.412 e. The Kier molecular flexibility index (Phi) is 6.10. The molecule has 2 rings (SSSR count). The van der Waals surface area contributed by atoms with Gasteiger partial charge in [0.15, 0.2) is 8.32 Å². The second-order valence-electron chi connectivity index (χ2n) is 10.4. The monoisotopic (exact) mass is 364 g/mol. The molecule has 144 valence electrons. The van der Waals surface area contributed by atoms with E-state index in [1.54, 1.807) is 0 Å². The van der Waals surface area contributed by atoms with Crippen LogP contribution in [0, 0.1) is 29.1 Å². The lowest BCUT2D eigenvalue weighted by molar-refractivity contribution is -0.129. The first-order valence-electron chi connectivity index (χ1n) is 10.3. The van der Waals surface area contributed by atoms with Crippen molar-refractivity contribution in [3.8, 4) is 0 Å². The summed E-state index contributed by atoms with van der Waals surface area (Å²) in [5, 5.41) is 0. The Labute approximate surface area is 156 Å². The van der Waals surface area contributed by atoms with Crippen LogP contribution in [-0.4, -0.2) is 19.7 Å². The molecule has 2 nitrogen and oxygen atoms in total. The van der Waals surface area contributed by atoms with Crippen molar-refractivity contribution in [1.29, 1.82) is 0 Å². The maximum atomic E-state index is 12.3. The number of Topliss-reactive ketones (excluding diaryl/α,β-unsaturated/α-hetero) is 1. The van der Waals surface area contributed by atoms with E-state index in [1.807, 2.05) is 0 Å². The molecule has 2 aliphatic rings. The maximum Gasteiger partial charge on any atom is 0.184 e. The van der Waals surface area contributed by atoms with Crippen LogP contribution in [0.2, 0.25) is 19.6 Å². The highest BCUT2D eigenvalue weighted by atomic mass is 28.4. The lowest BCUT2D eigenvalue weighted by Crippen LogP contribution is -2.42. The molecule has 0 N–H and O–H groups in total. The molecule has 0 bridgehead atoms. The molecule has 0 heterocycles. The number of carbonyl (C=O) groups excluding carboxylic acids is 1. The summed E-state index contributed by atoms with van der Waals surface area (Å²) in [6.45, 7) is 18.2. The Hall–Kier alpha value is -0.413. The zero-order valence-electron chi connectivity index (χ0n) is 17.8. The second kappa shape index (κ2) is 7.30. The number of fused-ring (bicyclic) bond motifs is 1. The van der Waals surface area contributed by atoms with E-state index >= 15 is 0 Å². The summed E-state index contributed by atoms with van der Waals surface area (Å²) in [5.41, 5.74) is 0.107. The van der Waals surface area contributed by atoms with Gasteiger partial charge in [0.2, 0.25) is 0 Å². The van der Waals surface area contributed by atoms with Crippen molar-refractivity contribution < 1.29 is 9.22 Å². The topological polar surface area (TPSA) is 26.3 Å². The van der Waals surface area contributed by atoms with Crippen LogP contribution in [0.1, 0.15) is 66.7 Å². The molecule has 2 aliphatic carbocycles. The van der Waals surface area contributed by atoms with Crippen molar-refractivity contribution in [2.24, 2.45) is 29.1 Å². The van der Waals surface area contributed by atoms with Crippen LogP contribution in [0.4, 0.5) is 0 Å². The van der Waals surface area contributed by atoms with Gasteiger partial charge in [-0.3, -0.25) is 4.79 Å². The average Bonchev–Trinajstić information content (AvgIpc) is 2.80. The summed E-state index contributed by atoms with van der Waals surface area (Å²) in [7, 11) is -1.55. The molecule has 0 radical (unpaired) electrons. The molecule has 1 unspecified atom stereocenters. The Bertz CT molecular complexity index is 517. The number of ketones is 1. The minimum atomic E-state index is -1.55. The zero-order valence-corrected chi connectivity index (χ0v) is 18.8. The number of allylic oxidation sites excluding steroid dienone is 1. The summed E-state index contributed by atoms with van der Waals surface area (Å²) in [5.74, 6) is 2.42. The number of hydrogen-bond donors (Lipinski definition) is 0. The normalized spacial score (nSPS) is 33.5. The van der Waals surface area contributed by atoms with Crippen LogP contribution in [-0.2, 0) is 9.22 Å². The SMILES string of the molecule is C[C@@H](/C=C/[C@H](C)C(C)(C)O[Si](C)(C)C)C1CC[C@H]2C(=O)CCC[C@]12C. The Balaban J connectivity index is 2.05. The summed E-state index contributed by atoms with van der Waals surface area (Å²) in [6.07, 6.45) is 10.2. The van der Waals surface area contributed by atoms with Crippen LogP contribution < -0.4 is 0 Å². The quantitative estimate of drug-likeness (QED) is 0.412. The molecular weight excluding hydrogens is 324 g/mol. The van der Waals surface area contributed by atoms with Gasteiger partial charge >= 0.3 is 0 Å². The van der Waals surface area contributed by atoms with Crippen LogP contribution in [0.25, 0.3) is 0 Å². The summed E-state index contributed by atoms with van der Waals surface area (Å²) < 4.78 is 6.41. The Morgan fingerprint density at radius 1 is 1.20 bits per heavy atom. The van der Waals surface area contributed by atoms with E-state index in [-0.39, 0.29) is 11.0 Å². The molecule has 0 saturated heterocycles. The number of hydrogen-bond acceptors (Lipinski definition) is 2. The van der Waals surface area contributed by atoms with Gasteiger partial charge in [0.25, 0.3) is 0 Å². The first kappa shape index (κ1) is 20.9. The van der Waals surface area contributed by atoms with Crippen molar-refractivity contribution in [2.45, 2.75) is 92.0 Å². The highest BCUT2D eigenvalue weighted by molar-refractivity contribution is 6.69. The van der Waals surface area contributed by atoms with E-state index in [0.29, 0.717) is 29.5 Å². The van der Waals surface area contributed by atoms with Gasteiger partial charge in [0, 0.05) is 18.3 Å². The van der Waals surface area contributed by atoms with E-state index < -0.39 is 8.32 Å². The minimum absolute atomic E-state index is 0.121. The van der Waals surface area contributed by atoms with Gasteiger partial charge in [-0.05, 0) is 76.4 Å². The molecule has 3 heteroatoms. The molecule has 0 aromatic heterocycles. The molecule has 0 aromatic carbocycles. The van der Waals surface area contributed by atoms with Gasteiger partial charge in [-0.15, -0.1) is 0 Å². The lowest BCUT2D eigenvalue weighted by atomic mass is 9.62. The third-order valence-electron chi connectivity index (χ3n) is 6.94. The van der Waals surface area contributed by atoms with E-state index in [0.717, 1.165) is 19.3 Å². The molecule has 2 saturated carbocycles. The van der Waals surface area contributed by atoms with Crippen LogP contribution in [0.5, 0.6) is 0 Å². The van der Waals surface area contributed by atoms with Gasteiger partial charge in [-0.2, -0.15) is 0 Å².